The first-order valence-corrected chi connectivity index (χ1v) is 8.32. The first-order chi connectivity index (χ1) is 8.98. The van der Waals surface area contributed by atoms with Crippen molar-refractivity contribution in [3.05, 3.63) is 11.2 Å². The molecule has 0 aromatic carbocycles. The van der Waals surface area contributed by atoms with Crippen LogP contribution < -0.4 is 0 Å². The lowest BCUT2D eigenvalue weighted by Gasteiger charge is -2.20. The van der Waals surface area contributed by atoms with Crippen LogP contribution in [-0.2, 0) is 14.8 Å². The highest BCUT2D eigenvalue weighted by molar-refractivity contribution is 7.91. The Labute approximate surface area is 117 Å². The highest BCUT2D eigenvalue weighted by atomic mass is 32.2. The largest absolute Gasteiger partial charge is 0.464 e. The normalized spacial score (nSPS) is 11.8. The number of ether oxygens (including phenoxy) is 1. The number of sulfonamides is 1. The van der Waals surface area contributed by atoms with Crippen LogP contribution in [0.1, 0.15) is 37.2 Å². The topological polar surface area (TPSA) is 76.6 Å². The molecule has 0 aliphatic carbocycles. The fourth-order valence-corrected chi connectivity index (χ4v) is 4.51. The summed E-state index contributed by atoms with van der Waals surface area (Å²) >= 11 is 0.939. The van der Waals surface area contributed by atoms with Gasteiger partial charge in [0.05, 0.1) is 12.6 Å². The Morgan fingerprint density at radius 3 is 2.42 bits per heavy atom. The molecule has 1 aromatic heterocycles. The summed E-state index contributed by atoms with van der Waals surface area (Å²) in [5, 5.41) is 0. The Bertz CT molecular complexity index is 519. The van der Waals surface area contributed by atoms with Crippen LogP contribution in [0.5, 0.6) is 0 Å². The lowest BCUT2D eigenvalue weighted by atomic mass is 10.4. The van der Waals surface area contributed by atoms with Crippen molar-refractivity contribution < 1.29 is 17.9 Å². The van der Waals surface area contributed by atoms with Crippen molar-refractivity contribution in [3.8, 4) is 0 Å². The average molecular weight is 306 g/mol. The Balaban J connectivity index is 3.18. The van der Waals surface area contributed by atoms with E-state index in [0.717, 1.165) is 11.3 Å². The predicted molar refractivity (Wildman–Crippen MR) is 72.8 cm³/mol. The summed E-state index contributed by atoms with van der Waals surface area (Å²) < 4.78 is 30.9. The molecular formula is C11H18N2O4S2. The van der Waals surface area contributed by atoms with Crippen molar-refractivity contribution in [3.63, 3.8) is 0 Å². The molecule has 1 heterocycles. The molecule has 1 rings (SSSR count). The van der Waals surface area contributed by atoms with Gasteiger partial charge in [0.1, 0.15) is 0 Å². The van der Waals surface area contributed by atoms with E-state index in [4.69, 9.17) is 0 Å². The maximum Gasteiger partial charge on any atom is 0.358 e. The summed E-state index contributed by atoms with van der Waals surface area (Å²) in [4.78, 5) is 15.3. The molecule has 0 unspecified atom stereocenters. The number of methoxy groups -OCH3 is 1. The molecule has 108 valence electrons. The molecule has 0 aliphatic heterocycles. The molecule has 0 bridgehead atoms. The fraction of sp³-hybridized carbons (Fsp3) is 0.636. The van der Waals surface area contributed by atoms with Crippen molar-refractivity contribution in [2.45, 2.75) is 30.9 Å². The molecule has 8 heteroatoms. The minimum Gasteiger partial charge on any atom is -0.464 e. The standard InChI is InChI=1S/C11H18N2O4S2/c1-4-6-13(7-5-2)19(15,16)11-9(10(14)17-3)12-8-18-11/h8H,4-7H2,1-3H3. The predicted octanol–water partition coefficient (Wildman–Crippen LogP) is 1.74. The summed E-state index contributed by atoms with van der Waals surface area (Å²) in [6, 6.07) is 0. The number of carbonyl (C=O) groups is 1. The van der Waals surface area contributed by atoms with Gasteiger partial charge in [0, 0.05) is 13.1 Å². The minimum atomic E-state index is -3.68. The highest BCUT2D eigenvalue weighted by Gasteiger charge is 2.31. The van der Waals surface area contributed by atoms with Crippen LogP contribution in [0.4, 0.5) is 0 Å². The second-order valence-electron chi connectivity index (χ2n) is 3.88. The van der Waals surface area contributed by atoms with Crippen molar-refractivity contribution in [1.29, 1.82) is 0 Å². The quantitative estimate of drug-likeness (QED) is 0.717. The maximum atomic E-state index is 12.5. The zero-order chi connectivity index (χ0) is 14.5. The molecule has 6 nitrogen and oxygen atoms in total. The Morgan fingerprint density at radius 2 is 1.95 bits per heavy atom. The van der Waals surface area contributed by atoms with E-state index in [0.29, 0.717) is 25.9 Å². The van der Waals surface area contributed by atoms with E-state index in [2.05, 4.69) is 9.72 Å². The summed E-state index contributed by atoms with van der Waals surface area (Å²) in [6.45, 7) is 4.67. The Kier molecular flexibility index (Phi) is 5.89. The van der Waals surface area contributed by atoms with Crippen LogP contribution in [0.2, 0.25) is 0 Å². The zero-order valence-electron chi connectivity index (χ0n) is 11.2. The van der Waals surface area contributed by atoms with Crippen molar-refractivity contribution in [1.82, 2.24) is 9.29 Å². The Morgan fingerprint density at radius 1 is 1.37 bits per heavy atom. The smallest absolute Gasteiger partial charge is 0.358 e. The average Bonchev–Trinajstić information content (AvgIpc) is 2.87. The van der Waals surface area contributed by atoms with Gasteiger partial charge in [0.2, 0.25) is 0 Å². The number of carbonyl (C=O) groups excluding carboxylic acids is 1. The number of nitrogens with zero attached hydrogens (tertiary/aromatic N) is 2. The van der Waals surface area contributed by atoms with Crippen LogP contribution in [0, 0.1) is 0 Å². The number of hydrogen-bond acceptors (Lipinski definition) is 6. The minimum absolute atomic E-state index is 0.0405. The van der Waals surface area contributed by atoms with E-state index in [9.17, 15) is 13.2 Å². The van der Waals surface area contributed by atoms with Gasteiger partial charge in [-0.2, -0.15) is 4.31 Å². The van der Waals surface area contributed by atoms with E-state index < -0.39 is 16.0 Å². The van der Waals surface area contributed by atoms with Gasteiger partial charge in [0.15, 0.2) is 9.90 Å². The van der Waals surface area contributed by atoms with Gasteiger partial charge in [-0.25, -0.2) is 18.2 Å². The first-order valence-electron chi connectivity index (χ1n) is 6.00. The van der Waals surface area contributed by atoms with Gasteiger partial charge >= 0.3 is 5.97 Å². The Hall–Kier alpha value is -0.990. The monoisotopic (exact) mass is 306 g/mol. The van der Waals surface area contributed by atoms with Gasteiger partial charge < -0.3 is 4.74 Å². The summed E-state index contributed by atoms with van der Waals surface area (Å²) in [7, 11) is -2.48. The van der Waals surface area contributed by atoms with Crippen molar-refractivity contribution >= 4 is 27.3 Å². The highest BCUT2D eigenvalue weighted by Crippen LogP contribution is 2.25. The van der Waals surface area contributed by atoms with E-state index >= 15 is 0 Å². The summed E-state index contributed by atoms with van der Waals surface area (Å²) in [6.07, 6.45) is 1.43. The molecule has 19 heavy (non-hydrogen) atoms. The van der Waals surface area contributed by atoms with Crippen molar-refractivity contribution in [2.24, 2.45) is 0 Å². The van der Waals surface area contributed by atoms with E-state index in [1.807, 2.05) is 13.8 Å². The molecule has 0 radical (unpaired) electrons. The summed E-state index contributed by atoms with van der Waals surface area (Å²) in [5.74, 6) is -0.729. The first kappa shape index (κ1) is 16.1. The molecule has 0 fully saturated rings. The molecule has 0 atom stereocenters. The van der Waals surface area contributed by atoms with Crippen LogP contribution in [0.25, 0.3) is 0 Å². The van der Waals surface area contributed by atoms with Crippen LogP contribution >= 0.6 is 11.3 Å². The second-order valence-corrected chi connectivity index (χ2v) is 6.87. The summed E-state index contributed by atoms with van der Waals surface area (Å²) in [5.41, 5.74) is 1.21. The molecule has 0 saturated heterocycles. The lowest BCUT2D eigenvalue weighted by Crippen LogP contribution is -2.33. The van der Waals surface area contributed by atoms with Gasteiger partial charge in [-0.1, -0.05) is 13.8 Å². The van der Waals surface area contributed by atoms with E-state index in [1.54, 1.807) is 0 Å². The lowest BCUT2D eigenvalue weighted by molar-refractivity contribution is 0.0590. The number of thiazole rings is 1. The van der Waals surface area contributed by atoms with E-state index in [-0.39, 0.29) is 9.90 Å². The SMILES string of the molecule is CCCN(CCC)S(=O)(=O)c1scnc1C(=O)OC. The third kappa shape index (κ3) is 3.52. The van der Waals surface area contributed by atoms with Crippen LogP contribution in [0.3, 0.4) is 0 Å². The van der Waals surface area contributed by atoms with Crippen LogP contribution in [0.15, 0.2) is 9.72 Å². The maximum absolute atomic E-state index is 12.5. The van der Waals surface area contributed by atoms with Crippen LogP contribution in [-0.4, -0.2) is 43.9 Å². The van der Waals surface area contributed by atoms with Gasteiger partial charge in [0.25, 0.3) is 10.0 Å². The molecule has 0 spiro atoms. The third-order valence-corrected chi connectivity index (χ3v) is 5.68. The number of hydrogen-bond donors (Lipinski definition) is 0. The molecular weight excluding hydrogens is 288 g/mol. The number of rotatable bonds is 7. The number of aromatic nitrogens is 1. The fourth-order valence-electron chi connectivity index (χ4n) is 1.62. The van der Waals surface area contributed by atoms with Gasteiger partial charge in [-0.15, -0.1) is 11.3 Å². The third-order valence-electron chi connectivity index (χ3n) is 2.43. The van der Waals surface area contributed by atoms with Crippen molar-refractivity contribution in [2.75, 3.05) is 20.2 Å². The molecule has 0 aliphatic rings. The number of esters is 1. The van der Waals surface area contributed by atoms with E-state index in [1.165, 1.54) is 16.9 Å². The molecule has 1 aromatic rings. The molecule has 0 saturated carbocycles. The van der Waals surface area contributed by atoms with Gasteiger partial charge in [-0.05, 0) is 12.8 Å². The molecule has 0 N–H and O–H groups in total. The van der Waals surface area contributed by atoms with Gasteiger partial charge in [-0.3, -0.25) is 0 Å². The zero-order valence-corrected chi connectivity index (χ0v) is 12.9. The molecule has 0 amide bonds. The second kappa shape index (κ2) is 6.97.